The summed E-state index contributed by atoms with van der Waals surface area (Å²) in [6.07, 6.45) is 102. The van der Waals surface area contributed by atoms with Crippen LogP contribution in [0.5, 0.6) is 0 Å². The minimum absolute atomic E-state index is 0.00689. The molecule has 8 nitrogen and oxygen atoms in total. The second kappa shape index (κ2) is 69.5. The van der Waals surface area contributed by atoms with E-state index in [9.17, 15) is 19.4 Å². The molecule has 9 heteroatoms. The quantitative estimate of drug-likeness (QED) is 0.0272. The predicted molar refractivity (Wildman–Crippen MR) is 389 cm³/mol. The van der Waals surface area contributed by atoms with Crippen molar-refractivity contribution in [1.82, 2.24) is 5.32 Å². The molecule has 0 aromatic carbocycles. The number of carbonyl (C=O) groups excluding carboxylic acids is 1. The molecule has 0 saturated heterocycles. The van der Waals surface area contributed by atoms with Crippen LogP contribution >= 0.6 is 7.82 Å². The Morgan fingerprint density at radius 2 is 0.685 bits per heavy atom. The minimum Gasteiger partial charge on any atom is -0.756 e. The van der Waals surface area contributed by atoms with E-state index in [1.807, 2.05) is 21.1 Å². The lowest BCUT2D eigenvalue weighted by molar-refractivity contribution is -0.870. The molecule has 3 atom stereocenters. The van der Waals surface area contributed by atoms with E-state index in [2.05, 4.69) is 129 Å². The zero-order valence-electron chi connectivity index (χ0n) is 59.1. The number of phosphoric ester groups is 1. The van der Waals surface area contributed by atoms with Gasteiger partial charge in [-0.05, 0) is 83.5 Å². The maximum atomic E-state index is 13.1. The molecular weight excluding hydrogens is 1120 g/mol. The Hall–Kier alpha value is -2.84. The van der Waals surface area contributed by atoms with Crippen LogP contribution in [0.4, 0.5) is 0 Å². The van der Waals surface area contributed by atoms with E-state index >= 15 is 0 Å². The molecule has 0 aromatic rings. The van der Waals surface area contributed by atoms with Gasteiger partial charge in [0.25, 0.3) is 7.82 Å². The van der Waals surface area contributed by atoms with Crippen molar-refractivity contribution in [2.24, 2.45) is 0 Å². The van der Waals surface area contributed by atoms with Crippen LogP contribution in [-0.2, 0) is 18.4 Å². The average molecular weight is 1260 g/mol. The Kier molecular flexibility index (Phi) is 67.3. The summed E-state index contributed by atoms with van der Waals surface area (Å²) in [4.78, 5) is 25.7. The molecule has 1 amide bonds. The molecule has 0 rings (SSSR count). The maximum absolute atomic E-state index is 13.1. The molecule has 0 radical (unpaired) electrons. The highest BCUT2D eigenvalue weighted by atomic mass is 31.2. The van der Waals surface area contributed by atoms with E-state index in [-0.39, 0.29) is 19.1 Å². The van der Waals surface area contributed by atoms with Gasteiger partial charge in [0.1, 0.15) is 13.2 Å². The van der Waals surface area contributed by atoms with E-state index in [0.29, 0.717) is 23.9 Å². The minimum atomic E-state index is -4.59. The van der Waals surface area contributed by atoms with Crippen LogP contribution < -0.4 is 10.2 Å². The molecule has 2 N–H and O–H groups in total. The molecule has 89 heavy (non-hydrogen) atoms. The summed E-state index contributed by atoms with van der Waals surface area (Å²) < 4.78 is 23.6. The maximum Gasteiger partial charge on any atom is 0.268 e. The van der Waals surface area contributed by atoms with Crippen molar-refractivity contribution >= 4 is 13.7 Å². The smallest absolute Gasteiger partial charge is 0.268 e. The average Bonchev–Trinajstić information content (AvgIpc) is 3.57. The lowest BCUT2D eigenvalue weighted by Crippen LogP contribution is -2.46. The summed E-state index contributed by atoms with van der Waals surface area (Å²) in [7, 11) is 1.30. The number of aliphatic hydroxyl groups excluding tert-OH is 1. The number of phosphoric acid groups is 1. The van der Waals surface area contributed by atoms with Crippen LogP contribution in [-0.4, -0.2) is 68.5 Å². The number of carbonyl (C=O) groups is 1. The van der Waals surface area contributed by atoms with Crippen LogP contribution in [0.1, 0.15) is 341 Å². The van der Waals surface area contributed by atoms with Gasteiger partial charge in [0.05, 0.1) is 39.9 Å². The third-order valence-corrected chi connectivity index (χ3v) is 17.7. The fourth-order valence-electron chi connectivity index (χ4n) is 11.0. The predicted octanol–water partition coefficient (Wildman–Crippen LogP) is 24.0. The number of likely N-dealkylation sites (N-methyl/N-ethyl adjacent to an activating group) is 1. The van der Waals surface area contributed by atoms with Gasteiger partial charge in [-0.15, -0.1) is 0 Å². The molecule has 0 spiro atoms. The number of rotatable bonds is 69. The standard InChI is InChI=1S/C80H145N2O6P/c1-6-8-10-12-14-16-18-20-22-24-26-28-30-32-34-36-38-39-40-41-42-43-44-46-48-50-52-54-56-58-60-62-64-66-68-70-72-74-80(84)81-78(77-88-89(85,86)87-76-75-82(3,4)5)79(83)73-71-69-67-65-63-61-59-57-55-53-51-49-47-45-37-35-33-31-29-27-25-23-21-19-17-15-13-11-9-7-2/h8,10,14,16,20,22,26,28,32,34,38-39,41-42,44,46,50,52,78-79,83H,6-7,9,11-13,15,17-19,21,23-25,27,29-31,33,35-37,40,43,45,47-49,51,53-77H2,1-5H3,(H-,81,84,85,86)/b10-8-,16-14-,22-20-,28-26-,34-32-,39-38-,42-41-,46-44-,52-50-. The number of hydrogen-bond acceptors (Lipinski definition) is 6. The Morgan fingerprint density at radius 3 is 1.00 bits per heavy atom. The number of aliphatic hydroxyl groups is 1. The van der Waals surface area contributed by atoms with Crippen molar-refractivity contribution in [1.29, 1.82) is 0 Å². The van der Waals surface area contributed by atoms with Crippen molar-refractivity contribution in [3.8, 4) is 0 Å². The second-order valence-electron chi connectivity index (χ2n) is 26.6. The SMILES string of the molecule is CC/C=C\C/C=C\C/C=C\C/C=C\C/C=C\C/C=C\C/C=C\C/C=C\C/C=C\CCCCCCCCCCCC(=O)NC(COP(=O)([O-])OCC[N+](C)(C)C)C(O)CCCCCCCCCCCCCCCCCCCCCCCCCCCCCCCC. The number of amides is 1. The van der Waals surface area contributed by atoms with Gasteiger partial charge in [-0.3, -0.25) is 9.36 Å². The van der Waals surface area contributed by atoms with Crippen molar-refractivity contribution in [3.63, 3.8) is 0 Å². The van der Waals surface area contributed by atoms with Crippen LogP contribution in [0.15, 0.2) is 109 Å². The first-order chi connectivity index (χ1) is 43.5. The van der Waals surface area contributed by atoms with Gasteiger partial charge >= 0.3 is 0 Å². The molecule has 0 aliphatic carbocycles. The van der Waals surface area contributed by atoms with Crippen molar-refractivity contribution in [2.75, 3.05) is 40.9 Å². The molecule has 0 saturated carbocycles. The zero-order valence-corrected chi connectivity index (χ0v) is 60.0. The summed E-state index contributed by atoms with van der Waals surface area (Å²) in [5, 5.41) is 14.1. The van der Waals surface area contributed by atoms with E-state index < -0.39 is 20.0 Å². The number of quaternary nitrogens is 1. The van der Waals surface area contributed by atoms with Crippen molar-refractivity contribution in [2.45, 2.75) is 353 Å². The van der Waals surface area contributed by atoms with E-state index in [0.717, 1.165) is 103 Å². The summed E-state index contributed by atoms with van der Waals surface area (Å²) >= 11 is 0. The number of allylic oxidation sites excluding steroid dienone is 18. The van der Waals surface area contributed by atoms with Crippen LogP contribution in [0, 0.1) is 0 Å². The van der Waals surface area contributed by atoms with Crippen molar-refractivity contribution < 1.29 is 32.9 Å². The zero-order chi connectivity index (χ0) is 64.8. The fourth-order valence-corrected chi connectivity index (χ4v) is 11.7. The second-order valence-corrected chi connectivity index (χ2v) is 28.0. The molecule has 0 heterocycles. The van der Waals surface area contributed by atoms with E-state index in [4.69, 9.17) is 9.05 Å². The number of nitrogens with zero attached hydrogens (tertiary/aromatic N) is 1. The highest BCUT2D eigenvalue weighted by Crippen LogP contribution is 2.38. The van der Waals surface area contributed by atoms with Crippen LogP contribution in [0.3, 0.4) is 0 Å². The normalized spacial score (nSPS) is 14.2. The van der Waals surface area contributed by atoms with Gasteiger partial charge in [-0.2, -0.15) is 0 Å². The first-order valence-corrected chi connectivity index (χ1v) is 39.2. The Balaban J connectivity index is 4.06. The van der Waals surface area contributed by atoms with Gasteiger partial charge in [-0.25, -0.2) is 0 Å². The van der Waals surface area contributed by atoms with Gasteiger partial charge < -0.3 is 28.8 Å². The Bertz CT molecular complexity index is 1820. The summed E-state index contributed by atoms with van der Waals surface area (Å²) in [5.74, 6) is -0.171. The lowest BCUT2D eigenvalue weighted by atomic mass is 10.0. The van der Waals surface area contributed by atoms with Gasteiger partial charge in [-0.1, -0.05) is 361 Å². The van der Waals surface area contributed by atoms with Crippen LogP contribution in [0.2, 0.25) is 0 Å². The van der Waals surface area contributed by atoms with Gasteiger partial charge in [0.2, 0.25) is 5.91 Å². The number of hydrogen-bond donors (Lipinski definition) is 2. The summed E-state index contributed by atoms with van der Waals surface area (Å²) in [6, 6.07) is -0.814. The monoisotopic (exact) mass is 1260 g/mol. The molecule has 0 aliphatic rings. The molecular formula is C80H145N2O6P. The first kappa shape index (κ1) is 86.2. The molecule has 0 aliphatic heterocycles. The third kappa shape index (κ3) is 72.4. The van der Waals surface area contributed by atoms with E-state index in [1.54, 1.807) is 0 Å². The topological polar surface area (TPSA) is 108 Å². The molecule has 0 bridgehead atoms. The number of nitrogens with one attached hydrogen (secondary N) is 1. The largest absolute Gasteiger partial charge is 0.756 e. The molecule has 3 unspecified atom stereocenters. The fraction of sp³-hybridized carbons (Fsp3) is 0.762. The van der Waals surface area contributed by atoms with Gasteiger partial charge in [0, 0.05) is 6.42 Å². The molecule has 516 valence electrons. The van der Waals surface area contributed by atoms with Gasteiger partial charge in [0.15, 0.2) is 0 Å². The highest BCUT2D eigenvalue weighted by molar-refractivity contribution is 7.45. The highest BCUT2D eigenvalue weighted by Gasteiger charge is 2.24. The number of unbranched alkanes of at least 4 members (excludes halogenated alkanes) is 38. The molecule has 0 fully saturated rings. The molecule has 0 aromatic heterocycles. The Morgan fingerprint density at radius 1 is 0.404 bits per heavy atom. The van der Waals surface area contributed by atoms with Crippen LogP contribution in [0.25, 0.3) is 0 Å². The van der Waals surface area contributed by atoms with E-state index in [1.165, 1.54) is 212 Å². The Labute approximate surface area is 552 Å². The summed E-state index contributed by atoms with van der Waals surface area (Å²) in [5.41, 5.74) is 0. The van der Waals surface area contributed by atoms with Crippen molar-refractivity contribution in [3.05, 3.63) is 109 Å². The lowest BCUT2D eigenvalue weighted by Gasteiger charge is -2.30. The summed E-state index contributed by atoms with van der Waals surface area (Å²) in [6.45, 7) is 4.64. The third-order valence-electron chi connectivity index (χ3n) is 16.8. The first-order valence-electron chi connectivity index (χ1n) is 37.7.